The van der Waals surface area contributed by atoms with Crippen molar-refractivity contribution < 1.29 is 0 Å². The minimum atomic E-state index is 0.661. The predicted octanol–water partition coefficient (Wildman–Crippen LogP) is 2.16. The Kier molecular flexibility index (Phi) is 5.38. The highest BCUT2D eigenvalue weighted by molar-refractivity contribution is 4.81. The van der Waals surface area contributed by atoms with Crippen LogP contribution in [0.15, 0.2) is 12.3 Å². The largest absolute Gasteiger partial charge is 0.391 e. The van der Waals surface area contributed by atoms with Crippen molar-refractivity contribution in [2.45, 2.75) is 27.2 Å². The van der Waals surface area contributed by atoms with Gasteiger partial charge in [0.25, 0.3) is 0 Å². The van der Waals surface area contributed by atoms with Crippen molar-refractivity contribution in [1.82, 2.24) is 5.32 Å². The molecule has 0 spiro atoms. The van der Waals surface area contributed by atoms with E-state index in [0.29, 0.717) is 5.92 Å². The third-order valence-electron chi connectivity index (χ3n) is 0.993. The first-order valence-electron chi connectivity index (χ1n) is 3.67. The molecule has 0 radical (unpaired) electrons. The van der Waals surface area contributed by atoms with E-state index in [0.717, 1.165) is 6.54 Å². The molecule has 0 bridgehead atoms. The molecule has 0 aromatic carbocycles. The predicted molar refractivity (Wildman–Crippen MR) is 42.3 cm³/mol. The number of nitrogens with one attached hydrogen (secondary N) is 1. The molecule has 0 saturated carbocycles. The van der Waals surface area contributed by atoms with Gasteiger partial charge < -0.3 is 5.32 Å². The Bertz CT molecular complexity index is 74.6. The lowest BCUT2D eigenvalue weighted by Gasteiger charge is -1.96. The number of hydrogen-bond acceptors (Lipinski definition) is 1. The fourth-order valence-electron chi connectivity index (χ4n) is 0.488. The molecule has 1 N–H and O–H groups in total. The summed E-state index contributed by atoms with van der Waals surface area (Å²) < 4.78 is 0. The molecule has 0 aliphatic carbocycles. The zero-order valence-electron chi connectivity index (χ0n) is 6.65. The first-order valence-corrected chi connectivity index (χ1v) is 3.67. The zero-order valence-corrected chi connectivity index (χ0v) is 6.65. The van der Waals surface area contributed by atoms with Gasteiger partial charge in [0.05, 0.1) is 0 Å². The number of allylic oxidation sites excluding steroid dienone is 1. The molecular formula is C8H17N. The SMILES string of the molecule is CCCN/C=C/C(C)C. The van der Waals surface area contributed by atoms with Crippen LogP contribution >= 0.6 is 0 Å². The van der Waals surface area contributed by atoms with Crippen LogP contribution in [-0.2, 0) is 0 Å². The van der Waals surface area contributed by atoms with E-state index in [2.05, 4.69) is 32.2 Å². The lowest BCUT2D eigenvalue weighted by molar-refractivity contribution is 0.778. The average Bonchev–Trinajstić information content (AvgIpc) is 1.80. The maximum Gasteiger partial charge on any atom is 0.0138 e. The molecule has 0 aliphatic heterocycles. The van der Waals surface area contributed by atoms with E-state index in [1.54, 1.807) is 0 Å². The Balaban J connectivity index is 3.04. The van der Waals surface area contributed by atoms with E-state index in [4.69, 9.17) is 0 Å². The van der Waals surface area contributed by atoms with Crippen LogP contribution in [0.25, 0.3) is 0 Å². The van der Waals surface area contributed by atoms with Crippen molar-refractivity contribution in [2.75, 3.05) is 6.54 Å². The Morgan fingerprint density at radius 3 is 2.56 bits per heavy atom. The standard InChI is InChI=1S/C8H17N/c1-4-6-9-7-5-8(2)3/h5,7-9H,4,6H2,1-3H3/b7-5+. The maximum absolute atomic E-state index is 3.19. The Hall–Kier alpha value is -0.460. The summed E-state index contributed by atoms with van der Waals surface area (Å²) in [5.41, 5.74) is 0. The van der Waals surface area contributed by atoms with Crippen LogP contribution in [0.3, 0.4) is 0 Å². The van der Waals surface area contributed by atoms with Crippen LogP contribution in [0, 0.1) is 5.92 Å². The zero-order chi connectivity index (χ0) is 7.11. The van der Waals surface area contributed by atoms with Gasteiger partial charge in [-0.1, -0.05) is 26.8 Å². The molecule has 0 aromatic heterocycles. The maximum atomic E-state index is 3.19. The monoisotopic (exact) mass is 127 g/mol. The van der Waals surface area contributed by atoms with Gasteiger partial charge >= 0.3 is 0 Å². The molecule has 9 heavy (non-hydrogen) atoms. The van der Waals surface area contributed by atoms with Crippen LogP contribution in [0.2, 0.25) is 0 Å². The van der Waals surface area contributed by atoms with Gasteiger partial charge in [0.2, 0.25) is 0 Å². The van der Waals surface area contributed by atoms with Gasteiger partial charge in [-0.2, -0.15) is 0 Å². The Morgan fingerprint density at radius 1 is 1.44 bits per heavy atom. The van der Waals surface area contributed by atoms with Gasteiger partial charge in [-0.3, -0.25) is 0 Å². The van der Waals surface area contributed by atoms with E-state index in [9.17, 15) is 0 Å². The van der Waals surface area contributed by atoms with Gasteiger partial charge in [-0.25, -0.2) is 0 Å². The van der Waals surface area contributed by atoms with Crippen molar-refractivity contribution in [3.05, 3.63) is 12.3 Å². The molecule has 0 fully saturated rings. The van der Waals surface area contributed by atoms with E-state index in [1.807, 2.05) is 6.20 Å². The molecule has 0 saturated heterocycles. The van der Waals surface area contributed by atoms with Gasteiger partial charge in [0, 0.05) is 6.54 Å². The van der Waals surface area contributed by atoms with Crippen LogP contribution in [0.5, 0.6) is 0 Å². The summed E-state index contributed by atoms with van der Waals surface area (Å²) in [6.07, 6.45) is 5.40. The molecule has 0 aliphatic rings. The van der Waals surface area contributed by atoms with Gasteiger partial charge in [0.1, 0.15) is 0 Å². The topological polar surface area (TPSA) is 12.0 Å². The lowest BCUT2D eigenvalue weighted by atomic mass is 10.2. The molecule has 54 valence electrons. The summed E-state index contributed by atoms with van der Waals surface area (Å²) in [5, 5.41) is 3.19. The Morgan fingerprint density at radius 2 is 2.11 bits per heavy atom. The van der Waals surface area contributed by atoms with Crippen LogP contribution in [0.4, 0.5) is 0 Å². The molecule has 0 unspecified atom stereocenters. The van der Waals surface area contributed by atoms with Crippen molar-refractivity contribution in [3.8, 4) is 0 Å². The second-order valence-corrected chi connectivity index (χ2v) is 2.56. The molecule has 0 atom stereocenters. The summed E-state index contributed by atoms with van der Waals surface area (Å²) in [7, 11) is 0. The summed E-state index contributed by atoms with van der Waals surface area (Å²) in [5.74, 6) is 0.661. The number of hydrogen-bond donors (Lipinski definition) is 1. The normalized spacial score (nSPS) is 11.1. The van der Waals surface area contributed by atoms with E-state index < -0.39 is 0 Å². The summed E-state index contributed by atoms with van der Waals surface area (Å²) in [4.78, 5) is 0. The summed E-state index contributed by atoms with van der Waals surface area (Å²) in [6, 6.07) is 0. The van der Waals surface area contributed by atoms with Gasteiger partial charge in [-0.15, -0.1) is 0 Å². The lowest BCUT2D eigenvalue weighted by Crippen LogP contribution is -2.05. The van der Waals surface area contributed by atoms with Crippen LogP contribution in [0.1, 0.15) is 27.2 Å². The smallest absolute Gasteiger partial charge is 0.0138 e. The van der Waals surface area contributed by atoms with Crippen LogP contribution < -0.4 is 5.32 Å². The molecular weight excluding hydrogens is 110 g/mol. The molecule has 1 nitrogen and oxygen atoms in total. The van der Waals surface area contributed by atoms with E-state index >= 15 is 0 Å². The molecule has 0 heterocycles. The van der Waals surface area contributed by atoms with Gasteiger partial charge in [0.15, 0.2) is 0 Å². The highest BCUT2D eigenvalue weighted by atomic mass is 14.8. The van der Waals surface area contributed by atoms with Crippen LogP contribution in [-0.4, -0.2) is 6.54 Å². The number of rotatable bonds is 4. The Labute approximate surface area is 58.2 Å². The summed E-state index contributed by atoms with van der Waals surface area (Å²) >= 11 is 0. The third-order valence-corrected chi connectivity index (χ3v) is 0.993. The second-order valence-electron chi connectivity index (χ2n) is 2.56. The van der Waals surface area contributed by atoms with Crippen molar-refractivity contribution in [3.63, 3.8) is 0 Å². The molecule has 0 aromatic rings. The van der Waals surface area contributed by atoms with Crippen molar-refractivity contribution in [2.24, 2.45) is 5.92 Å². The van der Waals surface area contributed by atoms with E-state index in [1.165, 1.54) is 6.42 Å². The fraction of sp³-hybridized carbons (Fsp3) is 0.750. The third kappa shape index (κ3) is 7.54. The highest BCUT2D eigenvalue weighted by Gasteiger charge is 1.80. The van der Waals surface area contributed by atoms with Gasteiger partial charge in [-0.05, 0) is 18.5 Å². The molecule has 0 rings (SSSR count). The minimum absolute atomic E-state index is 0.661. The van der Waals surface area contributed by atoms with Crippen molar-refractivity contribution in [1.29, 1.82) is 0 Å². The average molecular weight is 127 g/mol. The summed E-state index contributed by atoms with van der Waals surface area (Å²) in [6.45, 7) is 7.59. The fourth-order valence-corrected chi connectivity index (χ4v) is 0.488. The minimum Gasteiger partial charge on any atom is -0.391 e. The quantitative estimate of drug-likeness (QED) is 0.571. The first-order chi connectivity index (χ1) is 4.27. The molecule has 1 heteroatoms. The van der Waals surface area contributed by atoms with E-state index in [-0.39, 0.29) is 0 Å². The second kappa shape index (κ2) is 5.67. The van der Waals surface area contributed by atoms with Crippen molar-refractivity contribution >= 4 is 0 Å². The molecule has 0 amide bonds. The highest BCUT2D eigenvalue weighted by Crippen LogP contribution is 1.90. The first kappa shape index (κ1) is 8.54.